The molecule has 0 bridgehead atoms. The fourth-order valence-corrected chi connectivity index (χ4v) is 1.15. The molecule has 0 aliphatic carbocycles. The van der Waals surface area contributed by atoms with Gasteiger partial charge in [-0.15, -0.1) is 0 Å². The van der Waals surface area contributed by atoms with Gasteiger partial charge in [0.25, 0.3) is 0 Å². The lowest BCUT2D eigenvalue weighted by Gasteiger charge is -1.69. The minimum Gasteiger partial charge on any atom is -0.400 e. The zero-order valence-electron chi connectivity index (χ0n) is 27.3. The van der Waals surface area contributed by atoms with E-state index in [1.165, 1.54) is 12.8 Å². The maximum Gasteiger partial charge on any atom is 0.0319 e. The molecule has 1 nitrogen and oxygen atoms in total. The van der Waals surface area contributed by atoms with Gasteiger partial charge in [-0.05, 0) is 0 Å². The average Bonchev–Trinajstić information content (AvgIpc) is 3.03. The van der Waals surface area contributed by atoms with Gasteiger partial charge in [-0.3, -0.25) is 0 Å². The molecule has 1 heteroatoms. The maximum atomic E-state index is 7.00. The van der Waals surface area contributed by atoms with Gasteiger partial charge in [-0.2, -0.15) is 0 Å². The highest BCUT2D eigenvalue weighted by molar-refractivity contribution is 5.00. The second kappa shape index (κ2) is 115. The van der Waals surface area contributed by atoms with Crippen LogP contribution in [0.25, 0.3) is 0 Å². The Kier molecular flexibility index (Phi) is 186. The summed E-state index contributed by atoms with van der Waals surface area (Å²) in [6, 6.07) is 36.0. The number of hydrogen-bond acceptors (Lipinski definition) is 1. The highest BCUT2D eigenvalue weighted by atomic mass is 16.2. The number of hydrogen-bond donors (Lipinski definition) is 1. The molecule has 222 valence electrons. The minimum atomic E-state index is 0. The highest BCUT2D eigenvalue weighted by Crippen LogP contribution is 1.81. The molecule has 3 rings (SSSR count). The molecule has 0 atom stereocenters. The first-order valence-corrected chi connectivity index (χ1v) is 14.3. The zero-order chi connectivity index (χ0) is 30.1. The van der Waals surface area contributed by atoms with Gasteiger partial charge in [0.1, 0.15) is 0 Å². The van der Waals surface area contributed by atoms with Crippen LogP contribution in [-0.2, 0) is 0 Å². The van der Waals surface area contributed by atoms with Crippen LogP contribution in [0.1, 0.15) is 117 Å². The van der Waals surface area contributed by atoms with Gasteiger partial charge in [0.2, 0.25) is 0 Å². The molecular weight excluding hydrogens is 448 g/mol. The van der Waals surface area contributed by atoms with Crippen LogP contribution in [0.3, 0.4) is 0 Å². The zero-order valence-corrected chi connectivity index (χ0v) is 27.3. The third-order valence-corrected chi connectivity index (χ3v) is 2.00. The molecule has 0 aromatic heterocycles. The van der Waals surface area contributed by atoms with Crippen molar-refractivity contribution in [3.63, 3.8) is 0 Å². The first-order valence-electron chi connectivity index (χ1n) is 14.3. The molecule has 0 radical (unpaired) electrons. The van der Waals surface area contributed by atoms with E-state index in [0.717, 1.165) is 7.11 Å². The summed E-state index contributed by atoms with van der Waals surface area (Å²) in [6.07, 6.45) is 2.50. The second-order valence-electron chi connectivity index (χ2n) is 4.88. The SMILES string of the molecule is C.CC.CC.CC.CC.CC.CCC.CCC.CO.c1ccccc1.c1ccccc1.c1ccccc1. The molecule has 0 saturated heterocycles. The molecule has 3 aromatic carbocycles. The summed E-state index contributed by atoms with van der Waals surface area (Å²) in [5.41, 5.74) is 0. The third-order valence-electron chi connectivity index (χ3n) is 2.00. The van der Waals surface area contributed by atoms with E-state index in [2.05, 4.69) is 27.7 Å². The van der Waals surface area contributed by atoms with Gasteiger partial charge in [-0.1, -0.05) is 226 Å². The van der Waals surface area contributed by atoms with Gasteiger partial charge in [0.05, 0.1) is 0 Å². The molecule has 0 heterocycles. The van der Waals surface area contributed by atoms with E-state index in [1.54, 1.807) is 0 Å². The standard InChI is InChI=1S/3C6H6.2C3H8.5C2H6.CH4O.CH4/c3*1-2-4-6-5-3-1;2*1-3-2;6*1-2;/h3*1-6H;2*3H2,1-2H3;5*1-2H3;2H,1H3;1H4. The van der Waals surface area contributed by atoms with E-state index in [1.807, 2.05) is 178 Å². The second-order valence-corrected chi connectivity index (χ2v) is 4.88. The van der Waals surface area contributed by atoms with Crippen molar-refractivity contribution in [3.8, 4) is 0 Å². The Hall–Kier alpha value is -2.38. The number of aliphatic hydroxyl groups is 1. The lowest BCUT2D eigenvalue weighted by Crippen LogP contribution is -1.47. The monoisotopic (exact) mass is 521 g/mol. The summed E-state index contributed by atoms with van der Waals surface area (Å²) in [5, 5.41) is 7.00. The summed E-state index contributed by atoms with van der Waals surface area (Å²) >= 11 is 0. The third kappa shape index (κ3) is 138. The molecular formula is C36H72O. The topological polar surface area (TPSA) is 20.2 Å². The minimum absolute atomic E-state index is 0. The van der Waals surface area contributed by atoms with Gasteiger partial charge in [-0.25, -0.2) is 0 Å². The predicted octanol–water partition coefficient (Wildman–Crippen LogP) is 13.3. The van der Waals surface area contributed by atoms with Crippen LogP contribution in [0.5, 0.6) is 0 Å². The molecule has 0 amide bonds. The Bertz CT molecular complexity index is 324. The molecule has 0 unspecified atom stereocenters. The summed E-state index contributed by atoms with van der Waals surface area (Å²) < 4.78 is 0. The van der Waals surface area contributed by atoms with E-state index in [0.29, 0.717) is 0 Å². The van der Waals surface area contributed by atoms with Crippen molar-refractivity contribution in [1.82, 2.24) is 0 Å². The van der Waals surface area contributed by atoms with Gasteiger partial charge in [0.15, 0.2) is 0 Å². The summed E-state index contributed by atoms with van der Waals surface area (Å²) in [4.78, 5) is 0. The summed E-state index contributed by atoms with van der Waals surface area (Å²) in [6.45, 7) is 28.5. The predicted molar refractivity (Wildman–Crippen MR) is 183 cm³/mol. The Morgan fingerprint density at radius 2 is 0.297 bits per heavy atom. The van der Waals surface area contributed by atoms with Crippen LogP contribution in [0, 0.1) is 0 Å². The van der Waals surface area contributed by atoms with E-state index in [-0.39, 0.29) is 7.43 Å². The van der Waals surface area contributed by atoms with Gasteiger partial charge >= 0.3 is 0 Å². The van der Waals surface area contributed by atoms with Crippen molar-refractivity contribution < 1.29 is 5.11 Å². The quantitative estimate of drug-likeness (QED) is 0.312. The smallest absolute Gasteiger partial charge is 0.0319 e. The van der Waals surface area contributed by atoms with Crippen LogP contribution in [0.15, 0.2) is 109 Å². The first-order chi connectivity index (χ1) is 17.8. The lowest BCUT2D eigenvalue weighted by molar-refractivity contribution is 0.399. The van der Waals surface area contributed by atoms with Gasteiger partial charge < -0.3 is 5.11 Å². The van der Waals surface area contributed by atoms with Gasteiger partial charge in [0, 0.05) is 7.11 Å². The van der Waals surface area contributed by atoms with Crippen molar-refractivity contribution in [1.29, 1.82) is 0 Å². The number of aliphatic hydroxyl groups excluding tert-OH is 1. The highest BCUT2D eigenvalue weighted by Gasteiger charge is 1.59. The van der Waals surface area contributed by atoms with E-state index in [4.69, 9.17) is 5.11 Å². The molecule has 0 saturated carbocycles. The number of rotatable bonds is 0. The molecule has 0 spiro atoms. The molecule has 0 aliphatic heterocycles. The molecule has 37 heavy (non-hydrogen) atoms. The number of benzene rings is 3. The van der Waals surface area contributed by atoms with Crippen molar-refractivity contribution in [2.24, 2.45) is 0 Å². The maximum absolute atomic E-state index is 7.00. The van der Waals surface area contributed by atoms with Crippen molar-refractivity contribution >= 4 is 0 Å². The Morgan fingerprint density at radius 3 is 0.324 bits per heavy atom. The molecule has 1 N–H and O–H groups in total. The fraction of sp³-hybridized carbons (Fsp3) is 0.500. The fourth-order valence-electron chi connectivity index (χ4n) is 1.15. The molecule has 0 aliphatic rings. The average molecular weight is 521 g/mol. The lowest BCUT2D eigenvalue weighted by atomic mass is 10.4. The van der Waals surface area contributed by atoms with Crippen LogP contribution >= 0.6 is 0 Å². The van der Waals surface area contributed by atoms with Crippen LogP contribution in [0.2, 0.25) is 0 Å². The molecule has 3 aromatic rings. The largest absolute Gasteiger partial charge is 0.400 e. The summed E-state index contributed by atoms with van der Waals surface area (Å²) in [5.74, 6) is 0. The Labute approximate surface area is 238 Å². The molecule has 0 fully saturated rings. The van der Waals surface area contributed by atoms with Crippen LogP contribution in [-0.4, -0.2) is 12.2 Å². The Balaban J connectivity index is -0.0000000348. The van der Waals surface area contributed by atoms with E-state index >= 15 is 0 Å². The van der Waals surface area contributed by atoms with Crippen LogP contribution in [0.4, 0.5) is 0 Å². The first kappa shape index (κ1) is 59.6. The van der Waals surface area contributed by atoms with Crippen molar-refractivity contribution in [2.45, 2.75) is 117 Å². The van der Waals surface area contributed by atoms with Crippen LogP contribution < -0.4 is 0 Å². The Morgan fingerprint density at radius 1 is 0.270 bits per heavy atom. The summed E-state index contributed by atoms with van der Waals surface area (Å²) in [7, 11) is 1.00. The normalized spacial score (nSPS) is 5.84. The van der Waals surface area contributed by atoms with E-state index in [9.17, 15) is 0 Å². The van der Waals surface area contributed by atoms with E-state index < -0.39 is 0 Å². The van der Waals surface area contributed by atoms with Crippen molar-refractivity contribution in [2.75, 3.05) is 7.11 Å². The van der Waals surface area contributed by atoms with Crippen molar-refractivity contribution in [3.05, 3.63) is 109 Å².